The molecular weight excluding hydrogens is 269 g/mol. The smallest absolute Gasteiger partial charge is 0.249 e. The number of fused-ring (bicyclic) bond motifs is 1. The standard InChI is InChI=1S/C16H12FN3O/c1-9-14(11(16(18)21)6-7-19-9)12-8-10-4-2-3-5-13(10)20-15(12)17/h2-8H,1H3,(H2,18,21). The summed E-state index contributed by atoms with van der Waals surface area (Å²) in [6.45, 7) is 1.70. The number of carbonyl (C=O) groups excluding carboxylic acids is 1. The summed E-state index contributed by atoms with van der Waals surface area (Å²) >= 11 is 0. The van der Waals surface area contributed by atoms with Crippen LogP contribution >= 0.6 is 0 Å². The number of primary amides is 1. The van der Waals surface area contributed by atoms with Gasteiger partial charge in [0.25, 0.3) is 0 Å². The molecule has 1 amide bonds. The van der Waals surface area contributed by atoms with Crippen LogP contribution in [0.3, 0.4) is 0 Å². The minimum atomic E-state index is -0.646. The lowest BCUT2D eigenvalue weighted by Crippen LogP contribution is -2.14. The normalized spacial score (nSPS) is 10.8. The van der Waals surface area contributed by atoms with Gasteiger partial charge < -0.3 is 5.73 Å². The molecule has 0 saturated heterocycles. The van der Waals surface area contributed by atoms with Crippen LogP contribution in [0.25, 0.3) is 22.0 Å². The predicted octanol–water partition coefficient (Wildman–Crippen LogP) is 2.84. The van der Waals surface area contributed by atoms with Crippen molar-refractivity contribution in [2.24, 2.45) is 5.73 Å². The molecule has 0 fully saturated rings. The number of aromatic nitrogens is 2. The first kappa shape index (κ1) is 13.2. The highest BCUT2D eigenvalue weighted by Crippen LogP contribution is 2.30. The molecule has 0 aliphatic carbocycles. The van der Waals surface area contributed by atoms with Crippen molar-refractivity contribution >= 4 is 16.8 Å². The van der Waals surface area contributed by atoms with E-state index < -0.39 is 11.9 Å². The van der Waals surface area contributed by atoms with Crippen LogP contribution in [0, 0.1) is 12.9 Å². The van der Waals surface area contributed by atoms with Crippen molar-refractivity contribution in [3.05, 3.63) is 59.8 Å². The van der Waals surface area contributed by atoms with Gasteiger partial charge in [-0.05, 0) is 25.1 Å². The van der Waals surface area contributed by atoms with Gasteiger partial charge in [0.2, 0.25) is 11.9 Å². The zero-order chi connectivity index (χ0) is 15.0. The fourth-order valence-corrected chi connectivity index (χ4v) is 2.38. The molecular formula is C16H12FN3O. The Morgan fingerprint density at radius 1 is 1.24 bits per heavy atom. The fraction of sp³-hybridized carbons (Fsp3) is 0.0625. The van der Waals surface area contributed by atoms with Crippen LogP contribution in [0.1, 0.15) is 16.1 Å². The second-order valence-corrected chi connectivity index (χ2v) is 4.70. The van der Waals surface area contributed by atoms with Crippen LogP contribution < -0.4 is 5.73 Å². The van der Waals surface area contributed by atoms with E-state index in [9.17, 15) is 9.18 Å². The first-order valence-electron chi connectivity index (χ1n) is 6.39. The zero-order valence-electron chi connectivity index (χ0n) is 11.3. The van der Waals surface area contributed by atoms with E-state index >= 15 is 0 Å². The summed E-state index contributed by atoms with van der Waals surface area (Å²) in [5.74, 6) is -1.27. The molecule has 5 heteroatoms. The molecule has 2 heterocycles. The predicted molar refractivity (Wildman–Crippen MR) is 78.2 cm³/mol. The van der Waals surface area contributed by atoms with E-state index in [1.54, 1.807) is 25.1 Å². The van der Waals surface area contributed by atoms with E-state index in [1.165, 1.54) is 12.3 Å². The van der Waals surface area contributed by atoms with Crippen LogP contribution in [0.4, 0.5) is 4.39 Å². The molecule has 104 valence electrons. The molecule has 0 atom stereocenters. The summed E-state index contributed by atoms with van der Waals surface area (Å²) in [5, 5.41) is 0.785. The van der Waals surface area contributed by atoms with Crippen molar-refractivity contribution in [1.29, 1.82) is 0 Å². The maximum Gasteiger partial charge on any atom is 0.249 e. The van der Waals surface area contributed by atoms with Crippen molar-refractivity contribution < 1.29 is 9.18 Å². The van der Waals surface area contributed by atoms with Crippen molar-refractivity contribution in [2.75, 3.05) is 0 Å². The van der Waals surface area contributed by atoms with Crippen LogP contribution in [0.5, 0.6) is 0 Å². The number of aryl methyl sites for hydroxylation is 1. The van der Waals surface area contributed by atoms with Gasteiger partial charge in [0, 0.05) is 28.4 Å². The zero-order valence-corrected chi connectivity index (χ0v) is 11.3. The number of benzene rings is 1. The molecule has 3 rings (SSSR count). The van der Waals surface area contributed by atoms with E-state index in [1.807, 2.05) is 12.1 Å². The van der Waals surface area contributed by atoms with Gasteiger partial charge in [-0.25, -0.2) is 4.98 Å². The number of amides is 1. The molecule has 2 aromatic heterocycles. The van der Waals surface area contributed by atoms with Gasteiger partial charge in [-0.15, -0.1) is 0 Å². The number of para-hydroxylation sites is 1. The van der Waals surface area contributed by atoms with Crippen molar-refractivity contribution in [3.8, 4) is 11.1 Å². The largest absolute Gasteiger partial charge is 0.366 e. The summed E-state index contributed by atoms with van der Waals surface area (Å²) < 4.78 is 14.3. The summed E-state index contributed by atoms with van der Waals surface area (Å²) in [6.07, 6.45) is 1.48. The number of nitrogens with two attached hydrogens (primary N) is 1. The van der Waals surface area contributed by atoms with Gasteiger partial charge in [0.15, 0.2) is 0 Å². The third-order valence-corrected chi connectivity index (χ3v) is 3.35. The Labute approximate surface area is 120 Å². The molecule has 0 aliphatic rings. The minimum absolute atomic E-state index is 0.230. The Morgan fingerprint density at radius 2 is 2.00 bits per heavy atom. The van der Waals surface area contributed by atoms with Crippen molar-refractivity contribution in [1.82, 2.24) is 9.97 Å². The van der Waals surface area contributed by atoms with Gasteiger partial charge >= 0.3 is 0 Å². The maximum atomic E-state index is 14.3. The highest BCUT2D eigenvalue weighted by atomic mass is 19.1. The Balaban J connectivity index is 2.35. The SMILES string of the molecule is Cc1nccc(C(N)=O)c1-c1cc2ccccc2nc1F. The molecule has 1 aromatic carbocycles. The molecule has 4 nitrogen and oxygen atoms in total. The molecule has 0 saturated carbocycles. The first-order valence-corrected chi connectivity index (χ1v) is 6.39. The average molecular weight is 281 g/mol. The third kappa shape index (κ3) is 2.23. The van der Waals surface area contributed by atoms with Gasteiger partial charge in [0.1, 0.15) is 0 Å². The molecule has 0 unspecified atom stereocenters. The lowest BCUT2D eigenvalue weighted by Gasteiger charge is -2.11. The van der Waals surface area contributed by atoms with Crippen LogP contribution in [-0.2, 0) is 0 Å². The fourth-order valence-electron chi connectivity index (χ4n) is 2.38. The lowest BCUT2D eigenvalue weighted by atomic mass is 9.98. The van der Waals surface area contributed by atoms with E-state index in [4.69, 9.17) is 5.73 Å². The van der Waals surface area contributed by atoms with Gasteiger partial charge in [0.05, 0.1) is 11.1 Å². The molecule has 0 spiro atoms. The summed E-state index contributed by atoms with van der Waals surface area (Å²) in [5.41, 5.74) is 7.31. The Kier molecular flexibility index (Phi) is 3.10. The first-order chi connectivity index (χ1) is 10.1. The monoisotopic (exact) mass is 281 g/mol. The van der Waals surface area contributed by atoms with Crippen LogP contribution in [0.2, 0.25) is 0 Å². The maximum absolute atomic E-state index is 14.3. The molecule has 3 aromatic rings. The highest BCUT2D eigenvalue weighted by Gasteiger charge is 2.18. The number of halogens is 1. The quantitative estimate of drug-likeness (QED) is 0.734. The molecule has 0 aliphatic heterocycles. The molecule has 2 N–H and O–H groups in total. The third-order valence-electron chi connectivity index (χ3n) is 3.35. The number of pyridine rings is 2. The average Bonchev–Trinajstić information content (AvgIpc) is 2.46. The highest BCUT2D eigenvalue weighted by molar-refractivity contribution is 6.01. The number of carbonyl (C=O) groups is 1. The van der Waals surface area contributed by atoms with E-state index in [-0.39, 0.29) is 11.1 Å². The summed E-state index contributed by atoms with van der Waals surface area (Å²) in [4.78, 5) is 19.6. The Bertz CT molecular complexity index is 861. The molecule has 0 radical (unpaired) electrons. The van der Waals surface area contributed by atoms with Crippen molar-refractivity contribution in [2.45, 2.75) is 6.92 Å². The molecule has 21 heavy (non-hydrogen) atoms. The van der Waals surface area contributed by atoms with Gasteiger partial charge in [-0.2, -0.15) is 4.39 Å². The number of hydrogen-bond donors (Lipinski definition) is 1. The van der Waals surface area contributed by atoms with E-state index in [0.717, 1.165) is 5.39 Å². The Hall–Kier alpha value is -2.82. The minimum Gasteiger partial charge on any atom is -0.366 e. The molecule has 0 bridgehead atoms. The second kappa shape index (κ2) is 4.94. The Morgan fingerprint density at radius 3 is 2.76 bits per heavy atom. The number of hydrogen-bond acceptors (Lipinski definition) is 3. The van der Waals surface area contributed by atoms with Gasteiger partial charge in [-0.3, -0.25) is 9.78 Å². The summed E-state index contributed by atoms with van der Waals surface area (Å²) in [7, 11) is 0. The number of rotatable bonds is 2. The van der Waals surface area contributed by atoms with E-state index in [0.29, 0.717) is 16.8 Å². The van der Waals surface area contributed by atoms with Crippen LogP contribution in [0.15, 0.2) is 42.6 Å². The van der Waals surface area contributed by atoms with Gasteiger partial charge in [-0.1, -0.05) is 18.2 Å². The lowest BCUT2D eigenvalue weighted by molar-refractivity contribution is 0.100. The van der Waals surface area contributed by atoms with E-state index in [2.05, 4.69) is 9.97 Å². The van der Waals surface area contributed by atoms with Crippen LogP contribution in [-0.4, -0.2) is 15.9 Å². The second-order valence-electron chi connectivity index (χ2n) is 4.70. The topological polar surface area (TPSA) is 68.9 Å². The van der Waals surface area contributed by atoms with Crippen molar-refractivity contribution in [3.63, 3.8) is 0 Å². The summed E-state index contributed by atoms with van der Waals surface area (Å²) in [6, 6.07) is 10.3. The number of nitrogens with zero attached hydrogens (tertiary/aromatic N) is 2.